The monoisotopic (exact) mass is 326 g/mol. The Hall–Kier alpha value is -3.08. The van der Waals surface area contributed by atoms with E-state index in [1.54, 1.807) is 0 Å². The van der Waals surface area contributed by atoms with Gasteiger partial charge in [0.2, 0.25) is 12.2 Å². The van der Waals surface area contributed by atoms with E-state index in [1.165, 1.54) is 12.1 Å². The summed E-state index contributed by atoms with van der Waals surface area (Å²) in [6.07, 6.45) is 1.03. The van der Waals surface area contributed by atoms with Crippen LogP contribution in [0.15, 0.2) is 24.5 Å². The molecule has 114 valence electrons. The van der Waals surface area contributed by atoms with Gasteiger partial charge in [-0.3, -0.25) is 14.9 Å². The summed E-state index contributed by atoms with van der Waals surface area (Å²) in [4.78, 5) is 34.8. The molecule has 0 fully saturated rings. The van der Waals surface area contributed by atoms with Crippen LogP contribution in [-0.2, 0) is 11.3 Å². The molecular formula is C10H7ClN6O5. The number of nitro benzene ring substituents is 1. The Bertz CT molecular complexity index is 760. The van der Waals surface area contributed by atoms with Crippen LogP contribution in [0.2, 0.25) is 5.02 Å². The zero-order valence-corrected chi connectivity index (χ0v) is 11.4. The fraction of sp³-hybridized carbons (Fsp3) is 0.100. The SMILES string of the molecule is O=C(Cn1cnc([N+](=O)[O-])n1)Nc1ccc(Cl)c([N+](=O)[O-])c1. The number of nitrogens with one attached hydrogen (secondary N) is 1. The average molecular weight is 327 g/mol. The lowest BCUT2D eigenvalue weighted by atomic mass is 10.3. The Morgan fingerprint density at radius 2 is 2.05 bits per heavy atom. The van der Waals surface area contributed by atoms with Crippen molar-refractivity contribution in [3.8, 4) is 0 Å². The van der Waals surface area contributed by atoms with Crippen molar-refractivity contribution in [1.29, 1.82) is 0 Å². The van der Waals surface area contributed by atoms with Crippen molar-refractivity contribution in [1.82, 2.24) is 14.8 Å². The van der Waals surface area contributed by atoms with Crippen LogP contribution in [0.25, 0.3) is 0 Å². The minimum Gasteiger partial charge on any atom is -0.390 e. The van der Waals surface area contributed by atoms with Gasteiger partial charge in [0.15, 0.2) is 0 Å². The summed E-state index contributed by atoms with van der Waals surface area (Å²) >= 11 is 5.65. The van der Waals surface area contributed by atoms with E-state index >= 15 is 0 Å². The van der Waals surface area contributed by atoms with Gasteiger partial charge in [-0.1, -0.05) is 16.6 Å². The summed E-state index contributed by atoms with van der Waals surface area (Å²) < 4.78 is 0.970. The molecule has 11 nitrogen and oxygen atoms in total. The zero-order valence-electron chi connectivity index (χ0n) is 10.7. The Balaban J connectivity index is 2.07. The summed E-state index contributed by atoms with van der Waals surface area (Å²) in [6, 6.07) is 3.76. The first-order valence-corrected chi connectivity index (χ1v) is 6.02. The van der Waals surface area contributed by atoms with Crippen molar-refractivity contribution in [3.05, 3.63) is 49.8 Å². The molecule has 2 rings (SSSR count). The molecule has 0 unspecified atom stereocenters. The smallest absolute Gasteiger partial charge is 0.390 e. The number of hydrogen-bond donors (Lipinski definition) is 1. The van der Waals surface area contributed by atoms with Gasteiger partial charge in [-0.2, -0.15) is 4.68 Å². The molecule has 0 radical (unpaired) electrons. The highest BCUT2D eigenvalue weighted by Crippen LogP contribution is 2.27. The van der Waals surface area contributed by atoms with Crippen LogP contribution < -0.4 is 5.32 Å². The second kappa shape index (κ2) is 6.13. The topological polar surface area (TPSA) is 146 Å². The van der Waals surface area contributed by atoms with Gasteiger partial charge < -0.3 is 15.4 Å². The molecule has 0 bridgehead atoms. The predicted molar refractivity (Wildman–Crippen MR) is 73.4 cm³/mol. The van der Waals surface area contributed by atoms with Gasteiger partial charge in [0, 0.05) is 16.9 Å². The highest BCUT2D eigenvalue weighted by molar-refractivity contribution is 6.32. The van der Waals surface area contributed by atoms with Crippen molar-refractivity contribution >= 4 is 34.8 Å². The third-order valence-electron chi connectivity index (χ3n) is 2.42. The molecule has 0 saturated carbocycles. The molecule has 1 aromatic carbocycles. The standard InChI is InChI=1S/C10H7ClN6O5/c11-7-2-1-6(3-8(7)16(19)20)13-9(18)4-15-5-12-10(14-15)17(21)22/h1-3,5H,4H2,(H,13,18). The largest absolute Gasteiger partial charge is 0.490 e. The van der Waals surface area contributed by atoms with Gasteiger partial charge in [-0.25, -0.2) is 0 Å². The first-order valence-electron chi connectivity index (χ1n) is 5.64. The number of rotatable bonds is 5. The van der Waals surface area contributed by atoms with E-state index in [4.69, 9.17) is 11.6 Å². The minimum absolute atomic E-state index is 0.0603. The zero-order chi connectivity index (χ0) is 16.3. The maximum atomic E-state index is 11.8. The normalized spacial score (nSPS) is 10.2. The lowest BCUT2D eigenvalue weighted by Crippen LogP contribution is -2.19. The van der Waals surface area contributed by atoms with Gasteiger partial charge in [-0.05, 0) is 17.1 Å². The van der Waals surface area contributed by atoms with Crippen LogP contribution >= 0.6 is 11.6 Å². The molecule has 1 N–H and O–H groups in total. The van der Waals surface area contributed by atoms with Crippen LogP contribution in [0.4, 0.5) is 17.3 Å². The van der Waals surface area contributed by atoms with E-state index in [9.17, 15) is 25.0 Å². The molecule has 0 atom stereocenters. The van der Waals surface area contributed by atoms with E-state index in [2.05, 4.69) is 15.4 Å². The molecule has 22 heavy (non-hydrogen) atoms. The molecule has 0 aliphatic carbocycles. The van der Waals surface area contributed by atoms with E-state index in [1.807, 2.05) is 0 Å². The highest BCUT2D eigenvalue weighted by Gasteiger charge is 2.17. The first kappa shape index (κ1) is 15.3. The third kappa shape index (κ3) is 3.52. The molecule has 0 aliphatic rings. The van der Waals surface area contributed by atoms with Crippen LogP contribution in [0.1, 0.15) is 0 Å². The number of halogens is 1. The lowest BCUT2D eigenvalue weighted by Gasteiger charge is -2.04. The summed E-state index contributed by atoms with van der Waals surface area (Å²) in [5.41, 5.74) is -0.188. The van der Waals surface area contributed by atoms with E-state index in [-0.39, 0.29) is 22.9 Å². The van der Waals surface area contributed by atoms with Crippen molar-refractivity contribution in [2.75, 3.05) is 5.32 Å². The maximum absolute atomic E-state index is 11.8. The second-order valence-corrected chi connectivity index (χ2v) is 4.38. The van der Waals surface area contributed by atoms with Crippen LogP contribution in [-0.4, -0.2) is 30.5 Å². The molecule has 0 aliphatic heterocycles. The molecule has 12 heteroatoms. The molecule has 0 saturated heterocycles. The minimum atomic E-state index is -0.795. The maximum Gasteiger partial charge on any atom is 0.490 e. The number of nitrogens with zero attached hydrogens (tertiary/aromatic N) is 5. The van der Waals surface area contributed by atoms with Crippen molar-refractivity contribution in [2.24, 2.45) is 0 Å². The van der Waals surface area contributed by atoms with Crippen LogP contribution in [0.3, 0.4) is 0 Å². The van der Waals surface area contributed by atoms with E-state index < -0.39 is 21.7 Å². The number of anilines is 1. The number of aromatic nitrogens is 3. The van der Waals surface area contributed by atoms with Gasteiger partial charge in [0.1, 0.15) is 11.6 Å². The molecule has 2 aromatic rings. The number of benzene rings is 1. The number of carbonyl (C=O) groups is 1. The second-order valence-electron chi connectivity index (χ2n) is 3.97. The number of nitro groups is 2. The van der Waals surface area contributed by atoms with Crippen molar-refractivity contribution < 1.29 is 14.6 Å². The lowest BCUT2D eigenvalue weighted by molar-refractivity contribution is -0.394. The third-order valence-corrected chi connectivity index (χ3v) is 2.74. The van der Waals surface area contributed by atoms with Crippen molar-refractivity contribution in [3.63, 3.8) is 0 Å². The Kier molecular flexibility index (Phi) is 4.27. The summed E-state index contributed by atoms with van der Waals surface area (Å²) in [6.45, 7) is -0.336. The summed E-state index contributed by atoms with van der Waals surface area (Å²) in [5.74, 6) is -1.22. The van der Waals surface area contributed by atoms with E-state index in [0.29, 0.717) is 0 Å². The van der Waals surface area contributed by atoms with Crippen LogP contribution in [0.5, 0.6) is 0 Å². The molecular weight excluding hydrogens is 320 g/mol. The fourth-order valence-electron chi connectivity index (χ4n) is 1.52. The molecule has 1 aromatic heterocycles. The van der Waals surface area contributed by atoms with Gasteiger partial charge >= 0.3 is 5.95 Å². The number of hydrogen-bond acceptors (Lipinski definition) is 7. The summed E-state index contributed by atoms with van der Waals surface area (Å²) in [7, 11) is 0. The Labute approximate surface area is 126 Å². The van der Waals surface area contributed by atoms with Gasteiger partial charge in [-0.15, -0.1) is 0 Å². The van der Waals surface area contributed by atoms with Gasteiger partial charge in [0.25, 0.3) is 5.69 Å². The van der Waals surface area contributed by atoms with E-state index in [0.717, 1.165) is 17.1 Å². The fourth-order valence-corrected chi connectivity index (χ4v) is 1.71. The highest BCUT2D eigenvalue weighted by atomic mass is 35.5. The number of carbonyl (C=O) groups excluding carboxylic acids is 1. The molecule has 0 spiro atoms. The first-order chi connectivity index (χ1) is 10.4. The Morgan fingerprint density at radius 3 is 2.64 bits per heavy atom. The molecule has 1 amide bonds. The van der Waals surface area contributed by atoms with Crippen LogP contribution in [0, 0.1) is 20.2 Å². The predicted octanol–water partition coefficient (Wildman–Crippen LogP) is 1.39. The van der Waals surface area contributed by atoms with Crippen molar-refractivity contribution in [2.45, 2.75) is 6.54 Å². The Morgan fingerprint density at radius 1 is 1.32 bits per heavy atom. The average Bonchev–Trinajstić information content (AvgIpc) is 2.89. The molecule has 1 heterocycles. The number of amides is 1. The quantitative estimate of drug-likeness (QED) is 0.644. The van der Waals surface area contributed by atoms with Gasteiger partial charge in [0.05, 0.1) is 4.92 Å². The summed E-state index contributed by atoms with van der Waals surface area (Å²) in [5, 5.41) is 27.0.